The van der Waals surface area contributed by atoms with Gasteiger partial charge in [0.05, 0.1) is 5.03 Å². The number of hydrogen-bond donors (Lipinski definition) is 1. The maximum Gasteiger partial charge on any atom is 0.251 e. The molecule has 27 heavy (non-hydrogen) atoms. The third-order valence-electron chi connectivity index (χ3n) is 4.76. The summed E-state index contributed by atoms with van der Waals surface area (Å²) in [6, 6.07) is 4.15. The summed E-state index contributed by atoms with van der Waals surface area (Å²) in [5.74, 6) is 1.95. The second-order valence-electron chi connectivity index (χ2n) is 6.59. The molecule has 2 aromatic rings. The van der Waals surface area contributed by atoms with Crippen LogP contribution in [-0.4, -0.2) is 44.2 Å². The normalized spacial score (nSPS) is 14.6. The molecule has 1 aliphatic rings. The summed E-state index contributed by atoms with van der Waals surface area (Å²) in [6.07, 6.45) is 10.4. The lowest BCUT2D eigenvalue weighted by atomic mass is 10.2. The minimum Gasteiger partial charge on any atom is -0.352 e. The Balaban J connectivity index is 1.52. The highest BCUT2D eigenvalue weighted by Crippen LogP contribution is 2.33. The number of pyridine rings is 1. The Hall–Kier alpha value is -1.54. The molecule has 1 saturated carbocycles. The number of amides is 1. The molecule has 6 nitrogen and oxygen atoms in total. The van der Waals surface area contributed by atoms with Crippen LogP contribution in [0.4, 0.5) is 0 Å². The molecule has 0 atom stereocenters. The van der Waals surface area contributed by atoms with Gasteiger partial charge < -0.3 is 9.88 Å². The molecule has 1 fully saturated rings. The van der Waals surface area contributed by atoms with Gasteiger partial charge in [-0.05, 0) is 43.4 Å². The van der Waals surface area contributed by atoms with Crippen molar-refractivity contribution in [2.45, 2.75) is 61.7 Å². The largest absolute Gasteiger partial charge is 0.352 e. The molecule has 0 bridgehead atoms. The van der Waals surface area contributed by atoms with E-state index in [0.29, 0.717) is 18.2 Å². The van der Waals surface area contributed by atoms with Crippen LogP contribution in [0.1, 0.15) is 61.3 Å². The van der Waals surface area contributed by atoms with Gasteiger partial charge in [-0.1, -0.05) is 31.5 Å². The first-order chi connectivity index (χ1) is 13.2. The van der Waals surface area contributed by atoms with Gasteiger partial charge in [0.15, 0.2) is 5.16 Å². The number of carbonyl (C=O) groups excluding carboxylic acids is 1. The molecule has 8 heteroatoms. The molecule has 0 spiro atoms. The molecule has 2 heterocycles. The average Bonchev–Trinajstić information content (AvgIpc) is 3.34. The van der Waals surface area contributed by atoms with Crippen molar-refractivity contribution in [3.8, 4) is 0 Å². The van der Waals surface area contributed by atoms with Crippen LogP contribution in [0.15, 0.2) is 28.5 Å². The van der Waals surface area contributed by atoms with Crippen LogP contribution in [0.2, 0.25) is 0 Å². The smallest absolute Gasteiger partial charge is 0.251 e. The first kappa shape index (κ1) is 20.2. The second kappa shape index (κ2) is 10.1. The maximum absolute atomic E-state index is 12.4. The number of aromatic nitrogens is 4. The van der Waals surface area contributed by atoms with E-state index in [0.717, 1.165) is 34.6 Å². The number of carbonyl (C=O) groups is 1. The summed E-state index contributed by atoms with van der Waals surface area (Å²) in [6.45, 7) is 2.70. The van der Waals surface area contributed by atoms with Gasteiger partial charge in [0, 0.05) is 30.8 Å². The summed E-state index contributed by atoms with van der Waals surface area (Å²) >= 11 is 3.30. The van der Waals surface area contributed by atoms with E-state index in [9.17, 15) is 4.79 Å². The van der Waals surface area contributed by atoms with Crippen molar-refractivity contribution in [2.24, 2.45) is 0 Å². The molecule has 0 unspecified atom stereocenters. The monoisotopic (exact) mass is 405 g/mol. The standard InChI is InChI=1S/C19H27N5OS2/c1-3-27-17-13-14(10-12-20-17)18(25)21-11-6-9-16-22-23-19(26-2)24(16)15-7-4-5-8-15/h10,12-13,15H,3-9,11H2,1-2H3,(H,21,25). The van der Waals surface area contributed by atoms with E-state index >= 15 is 0 Å². The van der Waals surface area contributed by atoms with E-state index in [-0.39, 0.29) is 5.91 Å². The molecular formula is C19H27N5OS2. The van der Waals surface area contributed by atoms with E-state index < -0.39 is 0 Å². The van der Waals surface area contributed by atoms with Crippen molar-refractivity contribution in [1.29, 1.82) is 0 Å². The van der Waals surface area contributed by atoms with Crippen molar-refractivity contribution in [3.05, 3.63) is 29.7 Å². The number of nitrogens with zero attached hydrogens (tertiary/aromatic N) is 4. The van der Waals surface area contributed by atoms with Gasteiger partial charge >= 0.3 is 0 Å². The minimum atomic E-state index is -0.0441. The number of aryl methyl sites for hydroxylation is 1. The molecule has 2 aromatic heterocycles. The van der Waals surface area contributed by atoms with Gasteiger partial charge in [-0.2, -0.15) is 0 Å². The number of rotatable bonds is 9. The zero-order chi connectivity index (χ0) is 19.1. The van der Waals surface area contributed by atoms with Crippen molar-refractivity contribution in [3.63, 3.8) is 0 Å². The predicted molar refractivity (Wildman–Crippen MR) is 111 cm³/mol. The zero-order valence-electron chi connectivity index (χ0n) is 16.0. The van der Waals surface area contributed by atoms with Crippen LogP contribution < -0.4 is 5.32 Å². The summed E-state index contributed by atoms with van der Waals surface area (Å²) in [5, 5.41) is 13.7. The molecule has 0 radical (unpaired) electrons. The molecule has 1 aliphatic carbocycles. The zero-order valence-corrected chi connectivity index (χ0v) is 17.6. The lowest BCUT2D eigenvalue weighted by Gasteiger charge is -2.16. The molecule has 0 aromatic carbocycles. The van der Waals surface area contributed by atoms with E-state index in [2.05, 4.69) is 38.2 Å². The molecular weight excluding hydrogens is 378 g/mol. The maximum atomic E-state index is 12.4. The minimum absolute atomic E-state index is 0.0441. The Bertz CT molecular complexity index is 758. The Kier molecular flexibility index (Phi) is 7.58. The van der Waals surface area contributed by atoms with Gasteiger partial charge in [-0.15, -0.1) is 22.0 Å². The first-order valence-corrected chi connectivity index (χ1v) is 11.8. The summed E-state index contributed by atoms with van der Waals surface area (Å²) < 4.78 is 2.33. The summed E-state index contributed by atoms with van der Waals surface area (Å²) in [4.78, 5) is 16.6. The predicted octanol–water partition coefficient (Wildman–Crippen LogP) is 3.98. The van der Waals surface area contributed by atoms with Gasteiger partial charge in [-0.25, -0.2) is 4.98 Å². The van der Waals surface area contributed by atoms with Crippen molar-refractivity contribution in [2.75, 3.05) is 18.6 Å². The Morgan fingerprint density at radius 2 is 2.15 bits per heavy atom. The SMILES string of the molecule is CCSc1cc(C(=O)NCCCc2nnc(SC)n2C2CCCC2)ccn1. The van der Waals surface area contributed by atoms with Gasteiger partial charge in [-0.3, -0.25) is 4.79 Å². The Labute approximate surface area is 169 Å². The fourth-order valence-electron chi connectivity index (χ4n) is 3.47. The molecule has 0 saturated heterocycles. The van der Waals surface area contributed by atoms with Crippen molar-refractivity contribution >= 4 is 29.4 Å². The summed E-state index contributed by atoms with van der Waals surface area (Å²) in [7, 11) is 0. The van der Waals surface area contributed by atoms with Crippen LogP contribution in [0.5, 0.6) is 0 Å². The highest BCUT2D eigenvalue weighted by molar-refractivity contribution is 7.99. The highest BCUT2D eigenvalue weighted by Gasteiger charge is 2.23. The average molecular weight is 406 g/mol. The lowest BCUT2D eigenvalue weighted by Crippen LogP contribution is -2.25. The Morgan fingerprint density at radius 3 is 2.89 bits per heavy atom. The molecule has 146 valence electrons. The first-order valence-electron chi connectivity index (χ1n) is 9.57. The number of nitrogens with one attached hydrogen (secondary N) is 1. The van der Waals surface area contributed by atoms with Crippen LogP contribution in [-0.2, 0) is 6.42 Å². The quantitative estimate of drug-likeness (QED) is 0.502. The third kappa shape index (κ3) is 5.25. The fraction of sp³-hybridized carbons (Fsp3) is 0.579. The lowest BCUT2D eigenvalue weighted by molar-refractivity contribution is 0.0952. The van der Waals surface area contributed by atoms with Gasteiger partial charge in [0.1, 0.15) is 5.82 Å². The summed E-state index contributed by atoms with van der Waals surface area (Å²) in [5.41, 5.74) is 0.666. The number of thioether (sulfide) groups is 2. The number of hydrogen-bond acceptors (Lipinski definition) is 6. The highest BCUT2D eigenvalue weighted by atomic mass is 32.2. The Morgan fingerprint density at radius 1 is 1.33 bits per heavy atom. The van der Waals surface area contributed by atoms with Gasteiger partial charge in [0.2, 0.25) is 0 Å². The van der Waals surface area contributed by atoms with E-state index in [4.69, 9.17) is 0 Å². The van der Waals surface area contributed by atoms with Crippen LogP contribution in [0.25, 0.3) is 0 Å². The van der Waals surface area contributed by atoms with Crippen LogP contribution in [0, 0.1) is 0 Å². The third-order valence-corrected chi connectivity index (χ3v) is 6.21. The van der Waals surface area contributed by atoms with Crippen LogP contribution >= 0.6 is 23.5 Å². The topological polar surface area (TPSA) is 72.7 Å². The van der Waals surface area contributed by atoms with Crippen molar-refractivity contribution < 1.29 is 4.79 Å². The fourth-order valence-corrected chi connectivity index (χ4v) is 4.69. The van der Waals surface area contributed by atoms with E-state index in [1.54, 1.807) is 35.8 Å². The van der Waals surface area contributed by atoms with E-state index in [1.165, 1.54) is 25.7 Å². The second-order valence-corrected chi connectivity index (χ2v) is 8.64. The van der Waals surface area contributed by atoms with Crippen LogP contribution in [0.3, 0.4) is 0 Å². The van der Waals surface area contributed by atoms with Crippen molar-refractivity contribution in [1.82, 2.24) is 25.1 Å². The molecule has 1 amide bonds. The molecule has 1 N–H and O–H groups in total. The molecule has 0 aliphatic heterocycles. The van der Waals surface area contributed by atoms with Gasteiger partial charge in [0.25, 0.3) is 5.91 Å². The van der Waals surface area contributed by atoms with E-state index in [1.807, 2.05) is 6.07 Å². The molecule has 3 rings (SSSR count).